The SMILES string of the molecule is CCN1C(=O)C2C(=NC3=[N+]2CC(C)CN3c2cc(OC)ccc2OC)N(C)C1=O. The van der Waals surface area contributed by atoms with E-state index in [4.69, 9.17) is 14.5 Å². The van der Waals surface area contributed by atoms with Crippen molar-refractivity contribution in [2.24, 2.45) is 10.9 Å². The molecule has 154 valence electrons. The lowest BCUT2D eigenvalue weighted by Crippen LogP contribution is -2.63. The Morgan fingerprint density at radius 1 is 1.24 bits per heavy atom. The maximum atomic E-state index is 13.1. The highest BCUT2D eigenvalue weighted by Gasteiger charge is 2.55. The molecule has 0 saturated carbocycles. The number of urea groups is 1. The smallest absolute Gasteiger partial charge is 0.397 e. The van der Waals surface area contributed by atoms with Gasteiger partial charge in [-0.1, -0.05) is 11.9 Å². The molecule has 0 radical (unpaired) electrons. The average molecular weight is 400 g/mol. The number of fused-ring (bicyclic) bond motifs is 2. The van der Waals surface area contributed by atoms with Gasteiger partial charge in [0.05, 0.1) is 27.3 Å². The van der Waals surface area contributed by atoms with Crippen LogP contribution in [0.15, 0.2) is 23.2 Å². The Hall–Kier alpha value is -3.10. The van der Waals surface area contributed by atoms with Crippen molar-refractivity contribution in [2.45, 2.75) is 19.9 Å². The van der Waals surface area contributed by atoms with Crippen molar-refractivity contribution in [3.05, 3.63) is 18.2 Å². The van der Waals surface area contributed by atoms with E-state index in [1.807, 2.05) is 27.7 Å². The number of carbonyl (C=O) groups excluding carboxylic acids is 2. The number of guanidine groups is 1. The fourth-order valence-electron chi connectivity index (χ4n) is 4.20. The first-order valence-corrected chi connectivity index (χ1v) is 9.72. The summed E-state index contributed by atoms with van der Waals surface area (Å²) in [6, 6.07) is 4.67. The first kappa shape index (κ1) is 19.2. The molecule has 1 aromatic carbocycles. The minimum atomic E-state index is -0.588. The number of ether oxygens (including phenoxy) is 2. The van der Waals surface area contributed by atoms with Crippen LogP contribution in [0.4, 0.5) is 10.5 Å². The molecule has 3 amide bonds. The van der Waals surface area contributed by atoms with E-state index in [0.29, 0.717) is 42.9 Å². The van der Waals surface area contributed by atoms with E-state index in [-0.39, 0.29) is 17.9 Å². The number of anilines is 1. The summed E-state index contributed by atoms with van der Waals surface area (Å²) in [6.45, 7) is 5.66. The molecule has 0 aromatic heterocycles. The molecular formula is C20H26N5O4+. The molecule has 9 heteroatoms. The Morgan fingerprint density at radius 3 is 2.66 bits per heavy atom. The summed E-state index contributed by atoms with van der Waals surface area (Å²) in [7, 11) is 4.91. The number of methoxy groups -OCH3 is 2. The van der Waals surface area contributed by atoms with Crippen molar-refractivity contribution in [2.75, 3.05) is 45.8 Å². The van der Waals surface area contributed by atoms with Crippen molar-refractivity contribution in [3.63, 3.8) is 0 Å². The lowest BCUT2D eigenvalue weighted by Gasteiger charge is -2.35. The van der Waals surface area contributed by atoms with Gasteiger partial charge < -0.3 is 9.47 Å². The summed E-state index contributed by atoms with van der Waals surface area (Å²) in [5.41, 5.74) is 0.815. The summed E-state index contributed by atoms with van der Waals surface area (Å²) >= 11 is 0. The molecule has 2 unspecified atom stereocenters. The summed E-state index contributed by atoms with van der Waals surface area (Å²) in [5, 5.41) is 0. The molecule has 29 heavy (non-hydrogen) atoms. The zero-order valence-electron chi connectivity index (χ0n) is 17.4. The maximum absolute atomic E-state index is 13.1. The number of carbonyl (C=O) groups is 2. The third kappa shape index (κ3) is 2.83. The van der Waals surface area contributed by atoms with Crippen molar-refractivity contribution >= 4 is 29.4 Å². The first-order chi connectivity index (χ1) is 13.9. The monoisotopic (exact) mass is 400 g/mol. The van der Waals surface area contributed by atoms with E-state index in [9.17, 15) is 9.59 Å². The summed E-state index contributed by atoms with van der Waals surface area (Å²) in [6.07, 6.45) is 0. The Bertz CT molecular complexity index is 941. The summed E-state index contributed by atoms with van der Waals surface area (Å²) in [5.74, 6) is 2.57. The molecular weight excluding hydrogens is 374 g/mol. The Labute approximate surface area is 169 Å². The number of nitrogens with zero attached hydrogens (tertiary/aromatic N) is 5. The molecule has 0 bridgehead atoms. The fraction of sp³-hybridized carbons (Fsp3) is 0.500. The van der Waals surface area contributed by atoms with Gasteiger partial charge in [0, 0.05) is 25.6 Å². The molecule has 0 N–H and O–H groups in total. The Balaban J connectivity index is 1.85. The van der Waals surface area contributed by atoms with Crippen LogP contribution < -0.4 is 14.4 Å². The van der Waals surface area contributed by atoms with Crippen LogP contribution in [-0.4, -0.2) is 85.1 Å². The zero-order valence-corrected chi connectivity index (χ0v) is 17.4. The number of benzene rings is 1. The van der Waals surface area contributed by atoms with Gasteiger partial charge in [0.2, 0.25) is 11.9 Å². The largest absolute Gasteiger partial charge is 0.497 e. The fourth-order valence-corrected chi connectivity index (χ4v) is 4.20. The highest BCUT2D eigenvalue weighted by Crippen LogP contribution is 2.36. The number of aliphatic imine (C=N–C) groups is 1. The van der Waals surface area contributed by atoms with Crippen LogP contribution in [0.25, 0.3) is 0 Å². The number of hydrogen-bond acceptors (Lipinski definition) is 6. The number of rotatable bonds is 4. The van der Waals surface area contributed by atoms with Crippen LogP contribution in [0.5, 0.6) is 11.5 Å². The zero-order chi connectivity index (χ0) is 20.9. The van der Waals surface area contributed by atoms with E-state index >= 15 is 0 Å². The van der Waals surface area contributed by atoms with E-state index < -0.39 is 6.04 Å². The second kappa shape index (κ2) is 7.06. The van der Waals surface area contributed by atoms with Crippen molar-refractivity contribution < 1.29 is 23.6 Å². The van der Waals surface area contributed by atoms with Gasteiger partial charge in [0.1, 0.15) is 11.4 Å². The predicted molar refractivity (Wildman–Crippen MR) is 108 cm³/mol. The van der Waals surface area contributed by atoms with E-state index in [2.05, 4.69) is 6.92 Å². The van der Waals surface area contributed by atoms with Gasteiger partial charge in [0.25, 0.3) is 5.91 Å². The highest BCUT2D eigenvalue weighted by molar-refractivity contribution is 6.24. The van der Waals surface area contributed by atoms with Gasteiger partial charge in [-0.3, -0.25) is 14.6 Å². The quantitative estimate of drug-likeness (QED) is 0.711. The van der Waals surface area contributed by atoms with Gasteiger partial charge in [-0.25, -0.2) is 14.3 Å². The molecule has 9 nitrogen and oxygen atoms in total. The normalized spacial score (nSPS) is 23.9. The average Bonchev–Trinajstić information content (AvgIpc) is 3.11. The number of amides is 3. The van der Waals surface area contributed by atoms with Gasteiger partial charge in [-0.05, 0) is 19.1 Å². The predicted octanol–water partition coefficient (Wildman–Crippen LogP) is 1.22. The van der Waals surface area contributed by atoms with Gasteiger partial charge in [-0.15, -0.1) is 0 Å². The number of hydrogen-bond donors (Lipinski definition) is 0. The third-order valence-electron chi connectivity index (χ3n) is 5.63. The third-order valence-corrected chi connectivity index (χ3v) is 5.63. The van der Waals surface area contributed by atoms with Crippen molar-refractivity contribution in [3.8, 4) is 11.5 Å². The van der Waals surface area contributed by atoms with Crippen molar-refractivity contribution in [1.82, 2.24) is 9.80 Å². The van der Waals surface area contributed by atoms with Gasteiger partial charge in [-0.2, -0.15) is 0 Å². The van der Waals surface area contributed by atoms with E-state index in [1.54, 1.807) is 28.2 Å². The summed E-state index contributed by atoms with van der Waals surface area (Å²) < 4.78 is 13.0. The lowest BCUT2D eigenvalue weighted by atomic mass is 10.1. The van der Waals surface area contributed by atoms with Crippen LogP contribution >= 0.6 is 0 Å². The molecule has 3 aliphatic heterocycles. The molecule has 0 aliphatic carbocycles. The highest BCUT2D eigenvalue weighted by atomic mass is 16.5. The second-order valence-electron chi connectivity index (χ2n) is 7.50. The molecule has 4 rings (SSSR count). The number of imide groups is 1. The van der Waals surface area contributed by atoms with Crippen molar-refractivity contribution in [1.29, 1.82) is 0 Å². The van der Waals surface area contributed by atoms with Crippen LogP contribution in [-0.2, 0) is 4.79 Å². The number of amidine groups is 1. The maximum Gasteiger partial charge on any atom is 0.397 e. The van der Waals surface area contributed by atoms with Crippen LogP contribution in [0, 0.1) is 5.92 Å². The van der Waals surface area contributed by atoms with Gasteiger partial charge >= 0.3 is 12.0 Å². The standard InChI is InChI=1S/C20H26N5O4/c1-6-23-18(26)16-17(22(3)20(23)27)21-19-24(10-12(2)11-25(16)19)14-9-13(28-4)7-8-15(14)29-5/h7-9,12,16H,6,10-11H2,1-5H3/q+1. The minimum Gasteiger partial charge on any atom is -0.497 e. The van der Waals surface area contributed by atoms with Crippen LogP contribution in [0.1, 0.15) is 13.8 Å². The molecule has 3 aliphatic rings. The number of likely N-dealkylation sites (N-methyl/N-ethyl adjacent to an activating group) is 2. The Kier molecular flexibility index (Phi) is 4.68. The van der Waals surface area contributed by atoms with E-state index in [1.165, 1.54) is 9.80 Å². The molecule has 0 spiro atoms. The molecule has 1 fully saturated rings. The second-order valence-corrected chi connectivity index (χ2v) is 7.50. The topological polar surface area (TPSA) is 77.7 Å². The molecule has 1 saturated heterocycles. The first-order valence-electron chi connectivity index (χ1n) is 9.72. The lowest BCUT2D eigenvalue weighted by molar-refractivity contribution is -0.545. The van der Waals surface area contributed by atoms with Gasteiger partial charge in [0.15, 0.2) is 5.75 Å². The van der Waals surface area contributed by atoms with Crippen LogP contribution in [0.3, 0.4) is 0 Å². The van der Waals surface area contributed by atoms with Crippen LogP contribution in [0.2, 0.25) is 0 Å². The molecule has 1 aromatic rings. The van der Waals surface area contributed by atoms with E-state index in [0.717, 1.165) is 5.69 Å². The minimum absolute atomic E-state index is 0.226. The summed E-state index contributed by atoms with van der Waals surface area (Å²) in [4.78, 5) is 35.2. The molecule has 3 heterocycles. The Morgan fingerprint density at radius 2 is 2.00 bits per heavy atom. The molecule has 2 atom stereocenters.